The van der Waals surface area contributed by atoms with Crippen LogP contribution in [0, 0.1) is 21.4 Å². The molecule has 0 aliphatic rings. The molecule has 0 aliphatic heterocycles. The molecule has 0 spiro atoms. The number of likely N-dealkylation sites (N-methyl/N-ethyl adjacent to an activating group) is 2. The zero-order chi connectivity index (χ0) is 20.0. The van der Waals surface area contributed by atoms with Crippen molar-refractivity contribution in [1.82, 2.24) is 19.9 Å². The predicted molar refractivity (Wildman–Crippen MR) is 98.0 cm³/mol. The van der Waals surface area contributed by atoms with Gasteiger partial charge in [-0.15, -0.1) is 0 Å². The Morgan fingerprint density at radius 1 is 1.37 bits per heavy atom. The van der Waals surface area contributed by atoms with Gasteiger partial charge in [0.15, 0.2) is 0 Å². The number of nitriles is 1. The molecule has 0 saturated carbocycles. The van der Waals surface area contributed by atoms with Crippen molar-refractivity contribution in [1.29, 1.82) is 5.26 Å². The van der Waals surface area contributed by atoms with E-state index in [1.165, 1.54) is 23.0 Å². The SMILES string of the molecule is CN(CCN(C)c1cc(C#N)ccc1[N+](=O)[O-])C(=O)CCc1cnn(C)n1. The van der Waals surface area contributed by atoms with Crippen LogP contribution < -0.4 is 4.90 Å². The summed E-state index contributed by atoms with van der Waals surface area (Å²) in [6.45, 7) is 0.785. The summed E-state index contributed by atoms with van der Waals surface area (Å²) in [6.07, 6.45) is 2.44. The van der Waals surface area contributed by atoms with E-state index < -0.39 is 4.92 Å². The van der Waals surface area contributed by atoms with E-state index in [1.54, 1.807) is 37.1 Å². The highest BCUT2D eigenvalue weighted by Gasteiger charge is 2.19. The first-order valence-corrected chi connectivity index (χ1v) is 8.30. The number of carbonyl (C=O) groups excluding carboxylic acids is 1. The summed E-state index contributed by atoms with van der Waals surface area (Å²) in [5.41, 5.74) is 1.36. The fourth-order valence-electron chi connectivity index (χ4n) is 2.53. The first-order chi connectivity index (χ1) is 12.8. The minimum Gasteiger partial charge on any atom is -0.367 e. The highest BCUT2D eigenvalue weighted by molar-refractivity contribution is 5.76. The van der Waals surface area contributed by atoms with Crippen LogP contribution in [0.3, 0.4) is 0 Å². The van der Waals surface area contributed by atoms with E-state index in [9.17, 15) is 14.9 Å². The molecule has 10 heteroatoms. The molecule has 10 nitrogen and oxygen atoms in total. The van der Waals surface area contributed by atoms with Gasteiger partial charge < -0.3 is 9.80 Å². The van der Waals surface area contributed by atoms with Crippen LogP contribution in [0.15, 0.2) is 24.4 Å². The van der Waals surface area contributed by atoms with Gasteiger partial charge in [0.2, 0.25) is 5.91 Å². The lowest BCUT2D eigenvalue weighted by atomic mass is 10.1. The zero-order valence-corrected chi connectivity index (χ0v) is 15.5. The number of nitro benzene ring substituents is 1. The van der Waals surface area contributed by atoms with Crippen molar-refractivity contribution in [2.45, 2.75) is 12.8 Å². The topological polar surface area (TPSA) is 121 Å². The predicted octanol–water partition coefficient (Wildman–Crippen LogP) is 1.12. The minimum absolute atomic E-state index is 0.0469. The lowest BCUT2D eigenvalue weighted by molar-refractivity contribution is -0.384. The smallest absolute Gasteiger partial charge is 0.292 e. The van der Waals surface area contributed by atoms with Crippen molar-refractivity contribution >= 4 is 17.3 Å². The Bertz CT molecular complexity index is 872. The molecule has 1 amide bonds. The van der Waals surface area contributed by atoms with E-state index in [4.69, 9.17) is 5.26 Å². The fourth-order valence-corrected chi connectivity index (χ4v) is 2.53. The van der Waals surface area contributed by atoms with Gasteiger partial charge >= 0.3 is 0 Å². The van der Waals surface area contributed by atoms with Crippen molar-refractivity contribution in [3.63, 3.8) is 0 Å². The molecule has 0 bridgehead atoms. The summed E-state index contributed by atoms with van der Waals surface area (Å²) in [6, 6.07) is 6.19. The van der Waals surface area contributed by atoms with Crippen LogP contribution in [-0.2, 0) is 18.3 Å². The number of amides is 1. The number of carbonyl (C=O) groups is 1. The van der Waals surface area contributed by atoms with Crippen LogP contribution in [0.2, 0.25) is 0 Å². The number of anilines is 1. The molecular formula is C17H21N7O3. The Kier molecular flexibility index (Phi) is 6.43. The Morgan fingerprint density at radius 2 is 2.11 bits per heavy atom. The molecule has 27 heavy (non-hydrogen) atoms. The number of benzene rings is 1. The van der Waals surface area contributed by atoms with Gasteiger partial charge in [-0.3, -0.25) is 14.9 Å². The van der Waals surface area contributed by atoms with Gasteiger partial charge in [-0.2, -0.15) is 20.3 Å². The number of hydrogen-bond acceptors (Lipinski definition) is 7. The van der Waals surface area contributed by atoms with Gasteiger partial charge in [0.25, 0.3) is 5.69 Å². The van der Waals surface area contributed by atoms with Gasteiger partial charge in [0.1, 0.15) is 5.69 Å². The van der Waals surface area contributed by atoms with Gasteiger partial charge in [-0.05, 0) is 12.1 Å². The summed E-state index contributed by atoms with van der Waals surface area (Å²) in [5.74, 6) is -0.0469. The van der Waals surface area contributed by atoms with Crippen molar-refractivity contribution in [2.75, 3.05) is 32.1 Å². The molecule has 1 aromatic heterocycles. The van der Waals surface area contributed by atoms with Crippen molar-refractivity contribution in [2.24, 2.45) is 7.05 Å². The number of nitro groups is 1. The monoisotopic (exact) mass is 371 g/mol. The average Bonchev–Trinajstić information content (AvgIpc) is 3.08. The fraction of sp³-hybridized carbons (Fsp3) is 0.412. The van der Waals surface area contributed by atoms with Gasteiger partial charge in [-0.25, -0.2) is 0 Å². The average molecular weight is 371 g/mol. The van der Waals surface area contributed by atoms with Crippen molar-refractivity contribution in [3.05, 3.63) is 45.8 Å². The Balaban J connectivity index is 1.94. The molecule has 1 aromatic carbocycles. The Hall–Kier alpha value is -3.48. The molecule has 0 saturated heterocycles. The minimum atomic E-state index is -0.483. The first kappa shape index (κ1) is 19.8. The second-order valence-corrected chi connectivity index (χ2v) is 6.13. The number of aryl methyl sites for hydroxylation is 2. The third kappa shape index (κ3) is 5.24. The lowest BCUT2D eigenvalue weighted by Crippen LogP contribution is -2.35. The van der Waals surface area contributed by atoms with Crippen LogP contribution in [0.4, 0.5) is 11.4 Å². The van der Waals surface area contributed by atoms with Gasteiger partial charge in [0, 0.05) is 53.1 Å². The molecule has 0 unspecified atom stereocenters. The van der Waals surface area contributed by atoms with E-state index in [0.29, 0.717) is 37.2 Å². The molecule has 1 heterocycles. The Labute approximate surface area is 156 Å². The first-order valence-electron chi connectivity index (χ1n) is 8.30. The molecule has 142 valence electrons. The van der Waals surface area contributed by atoms with Crippen molar-refractivity contribution in [3.8, 4) is 6.07 Å². The largest absolute Gasteiger partial charge is 0.367 e. The van der Waals surface area contributed by atoms with Gasteiger partial charge in [-0.1, -0.05) is 0 Å². The molecule has 2 aromatic rings. The van der Waals surface area contributed by atoms with E-state index in [0.717, 1.165) is 5.69 Å². The zero-order valence-electron chi connectivity index (χ0n) is 15.5. The number of aromatic nitrogens is 3. The summed E-state index contributed by atoms with van der Waals surface area (Å²) < 4.78 is 0. The molecule has 0 atom stereocenters. The normalized spacial score (nSPS) is 10.3. The molecular weight excluding hydrogens is 350 g/mol. The standard InChI is InChI=1S/C17H21N7O3/c1-21(16-10-13(11-18)4-6-15(16)24(26)27)8-9-22(2)17(25)7-5-14-12-19-23(3)20-14/h4,6,10,12H,5,7-9H2,1-3H3. The van der Waals surface area contributed by atoms with Crippen LogP contribution in [0.1, 0.15) is 17.7 Å². The maximum atomic E-state index is 12.2. The maximum absolute atomic E-state index is 12.2. The number of rotatable bonds is 8. The third-order valence-electron chi connectivity index (χ3n) is 4.15. The van der Waals surface area contributed by atoms with E-state index in [-0.39, 0.29) is 11.6 Å². The molecule has 0 fully saturated rings. The van der Waals surface area contributed by atoms with Crippen LogP contribution in [0.5, 0.6) is 0 Å². The van der Waals surface area contributed by atoms with E-state index >= 15 is 0 Å². The second kappa shape index (κ2) is 8.75. The third-order valence-corrected chi connectivity index (χ3v) is 4.15. The van der Waals surface area contributed by atoms with Crippen LogP contribution in [0.25, 0.3) is 0 Å². The number of hydrogen-bond donors (Lipinski definition) is 0. The summed E-state index contributed by atoms with van der Waals surface area (Å²) >= 11 is 0. The molecule has 0 N–H and O–H groups in total. The second-order valence-electron chi connectivity index (χ2n) is 6.13. The Morgan fingerprint density at radius 3 is 2.70 bits per heavy atom. The summed E-state index contributed by atoms with van der Waals surface area (Å²) in [5, 5.41) is 28.3. The summed E-state index contributed by atoms with van der Waals surface area (Å²) in [7, 11) is 5.10. The molecule has 0 radical (unpaired) electrons. The van der Waals surface area contributed by atoms with Crippen LogP contribution >= 0.6 is 0 Å². The molecule has 0 aliphatic carbocycles. The lowest BCUT2D eigenvalue weighted by Gasteiger charge is -2.23. The maximum Gasteiger partial charge on any atom is 0.292 e. The van der Waals surface area contributed by atoms with E-state index in [2.05, 4.69) is 10.2 Å². The van der Waals surface area contributed by atoms with Gasteiger partial charge in [0.05, 0.1) is 28.4 Å². The number of nitrogens with zero attached hydrogens (tertiary/aromatic N) is 7. The quantitative estimate of drug-likeness (QED) is 0.503. The highest BCUT2D eigenvalue weighted by atomic mass is 16.6. The highest BCUT2D eigenvalue weighted by Crippen LogP contribution is 2.28. The van der Waals surface area contributed by atoms with E-state index in [1.807, 2.05) is 6.07 Å². The molecule has 2 rings (SSSR count). The summed E-state index contributed by atoms with van der Waals surface area (Å²) in [4.78, 5) is 27.7. The van der Waals surface area contributed by atoms with Crippen LogP contribution in [-0.4, -0.2) is 57.9 Å². The van der Waals surface area contributed by atoms with Crippen molar-refractivity contribution < 1.29 is 9.72 Å².